The highest BCUT2D eigenvalue weighted by Crippen LogP contribution is 2.37. The number of rotatable bonds is 6. The number of benzene rings is 1. The van der Waals surface area contributed by atoms with Crippen molar-refractivity contribution in [3.05, 3.63) is 65.0 Å². The lowest BCUT2D eigenvalue weighted by Gasteiger charge is -2.29. The van der Waals surface area contributed by atoms with Crippen LogP contribution in [0.3, 0.4) is 0 Å². The summed E-state index contributed by atoms with van der Waals surface area (Å²) in [6.45, 7) is 4.44. The molecule has 3 rings (SSSR count). The first-order valence-corrected chi connectivity index (χ1v) is 10.9. The molecule has 1 heterocycles. The Bertz CT molecular complexity index is 738. The van der Waals surface area contributed by atoms with Gasteiger partial charge in [-0.1, -0.05) is 63.7 Å². The van der Waals surface area contributed by atoms with Gasteiger partial charge in [0.1, 0.15) is 5.69 Å². The highest BCUT2D eigenvalue weighted by Gasteiger charge is 2.21. The van der Waals surface area contributed by atoms with Gasteiger partial charge in [0.15, 0.2) is 0 Å². The average Bonchev–Trinajstić information content (AvgIpc) is 2.74. The second kappa shape index (κ2) is 10.3. The molecule has 142 valence electrons. The Morgan fingerprint density at radius 2 is 1.67 bits per heavy atom. The van der Waals surface area contributed by atoms with Crippen molar-refractivity contribution >= 4 is 0 Å². The van der Waals surface area contributed by atoms with Crippen molar-refractivity contribution in [3.8, 4) is 11.8 Å². The lowest BCUT2D eigenvalue weighted by atomic mass is 9.77. The number of aryl methyl sites for hydroxylation is 1. The summed E-state index contributed by atoms with van der Waals surface area (Å²) >= 11 is 0. The van der Waals surface area contributed by atoms with Crippen molar-refractivity contribution in [2.45, 2.75) is 77.6 Å². The van der Waals surface area contributed by atoms with Gasteiger partial charge in [0.25, 0.3) is 0 Å². The molecule has 0 bridgehead atoms. The lowest BCUT2D eigenvalue weighted by Crippen LogP contribution is -2.13. The molecular weight excluding hydrogens is 326 g/mol. The van der Waals surface area contributed by atoms with E-state index in [1.807, 2.05) is 12.3 Å². The van der Waals surface area contributed by atoms with E-state index in [0.29, 0.717) is 0 Å². The molecule has 2 aromatic rings. The minimum absolute atomic E-state index is 0.748. The van der Waals surface area contributed by atoms with E-state index >= 15 is 0 Å². The number of aromatic nitrogens is 1. The summed E-state index contributed by atoms with van der Waals surface area (Å²) < 4.78 is 0. The maximum absolute atomic E-state index is 4.42. The predicted molar refractivity (Wildman–Crippen MR) is 115 cm³/mol. The molecule has 0 aliphatic heterocycles. The summed E-state index contributed by atoms with van der Waals surface area (Å²) in [7, 11) is 0. The fourth-order valence-corrected chi connectivity index (χ4v) is 4.15. The second-order valence-electron chi connectivity index (χ2n) is 7.99. The molecule has 0 saturated heterocycles. The Hall–Kier alpha value is -2.07. The zero-order chi connectivity index (χ0) is 18.9. The van der Waals surface area contributed by atoms with Gasteiger partial charge < -0.3 is 0 Å². The van der Waals surface area contributed by atoms with Gasteiger partial charge in [0.2, 0.25) is 0 Å². The van der Waals surface area contributed by atoms with E-state index in [-0.39, 0.29) is 0 Å². The smallest absolute Gasteiger partial charge is 0.113 e. The third-order valence-corrected chi connectivity index (χ3v) is 6.01. The van der Waals surface area contributed by atoms with Gasteiger partial charge in [-0.25, -0.2) is 4.98 Å². The van der Waals surface area contributed by atoms with E-state index in [1.54, 1.807) is 0 Å². The molecule has 0 radical (unpaired) electrons. The first kappa shape index (κ1) is 19.7. The van der Waals surface area contributed by atoms with Gasteiger partial charge in [-0.15, -0.1) is 0 Å². The fourth-order valence-electron chi connectivity index (χ4n) is 4.15. The summed E-state index contributed by atoms with van der Waals surface area (Å²) in [6.07, 6.45) is 14.1. The van der Waals surface area contributed by atoms with E-state index in [0.717, 1.165) is 29.5 Å². The normalized spacial score (nSPS) is 19.3. The van der Waals surface area contributed by atoms with Crippen LogP contribution in [-0.2, 0) is 6.42 Å². The van der Waals surface area contributed by atoms with Crippen molar-refractivity contribution in [2.75, 3.05) is 0 Å². The number of pyridine rings is 1. The van der Waals surface area contributed by atoms with Crippen LogP contribution in [0, 0.1) is 17.8 Å². The van der Waals surface area contributed by atoms with E-state index in [2.05, 4.69) is 61.0 Å². The Balaban J connectivity index is 1.53. The molecule has 1 saturated carbocycles. The topological polar surface area (TPSA) is 12.9 Å². The number of hydrogen-bond donors (Lipinski definition) is 0. The Morgan fingerprint density at radius 1 is 0.889 bits per heavy atom. The maximum Gasteiger partial charge on any atom is 0.113 e. The van der Waals surface area contributed by atoms with E-state index in [4.69, 9.17) is 0 Å². The quantitative estimate of drug-likeness (QED) is 0.404. The standard InChI is InChI=1S/C26H33N/c1-3-5-6-7-22-8-14-24(15-9-22)25-16-10-23(11-17-25)13-19-26-18-12-21(4-2)20-27-26/h10-12,16-18,20,22,24H,3-9,14-15H2,1-2H3. The molecule has 0 atom stereocenters. The number of hydrogen-bond acceptors (Lipinski definition) is 1. The third-order valence-electron chi connectivity index (χ3n) is 6.01. The largest absolute Gasteiger partial charge is 0.248 e. The van der Waals surface area contributed by atoms with Crippen molar-refractivity contribution < 1.29 is 0 Å². The molecule has 0 spiro atoms. The van der Waals surface area contributed by atoms with Gasteiger partial charge in [-0.05, 0) is 79.2 Å². The first-order valence-electron chi connectivity index (χ1n) is 10.9. The monoisotopic (exact) mass is 359 g/mol. The molecule has 1 nitrogen and oxygen atoms in total. The second-order valence-corrected chi connectivity index (χ2v) is 7.99. The van der Waals surface area contributed by atoms with Crippen LogP contribution >= 0.6 is 0 Å². The van der Waals surface area contributed by atoms with Crippen LogP contribution in [0.2, 0.25) is 0 Å². The summed E-state index contributed by atoms with van der Waals surface area (Å²) in [5.74, 6) is 8.16. The molecule has 0 N–H and O–H groups in total. The van der Waals surface area contributed by atoms with Crippen molar-refractivity contribution in [1.29, 1.82) is 0 Å². The minimum Gasteiger partial charge on any atom is -0.248 e. The molecule has 0 unspecified atom stereocenters. The van der Waals surface area contributed by atoms with Crippen LogP contribution in [0.5, 0.6) is 0 Å². The highest BCUT2D eigenvalue weighted by molar-refractivity contribution is 5.41. The van der Waals surface area contributed by atoms with Crippen LogP contribution < -0.4 is 0 Å². The Labute approximate surface area is 165 Å². The van der Waals surface area contributed by atoms with Crippen molar-refractivity contribution in [2.24, 2.45) is 5.92 Å². The van der Waals surface area contributed by atoms with Gasteiger partial charge in [-0.2, -0.15) is 0 Å². The number of nitrogens with zero attached hydrogens (tertiary/aromatic N) is 1. The minimum atomic E-state index is 0.748. The van der Waals surface area contributed by atoms with Gasteiger partial charge in [0, 0.05) is 11.8 Å². The van der Waals surface area contributed by atoms with E-state index in [1.165, 1.54) is 62.5 Å². The fraction of sp³-hybridized carbons (Fsp3) is 0.500. The van der Waals surface area contributed by atoms with Crippen LogP contribution in [0.25, 0.3) is 0 Å². The summed E-state index contributed by atoms with van der Waals surface area (Å²) in [6, 6.07) is 13.1. The lowest BCUT2D eigenvalue weighted by molar-refractivity contribution is 0.303. The summed E-state index contributed by atoms with van der Waals surface area (Å²) in [4.78, 5) is 4.42. The zero-order valence-electron chi connectivity index (χ0n) is 17.0. The average molecular weight is 360 g/mol. The van der Waals surface area contributed by atoms with Gasteiger partial charge in [0.05, 0.1) is 0 Å². The third kappa shape index (κ3) is 5.96. The SMILES string of the molecule is CCCCCC1CCC(c2ccc(C#Cc3ccc(CC)cn3)cc2)CC1. The molecule has 1 aliphatic rings. The maximum atomic E-state index is 4.42. The Kier molecular flexibility index (Phi) is 7.52. The molecule has 27 heavy (non-hydrogen) atoms. The molecule has 1 heteroatoms. The molecule has 1 fully saturated rings. The van der Waals surface area contributed by atoms with Gasteiger partial charge in [-0.3, -0.25) is 0 Å². The van der Waals surface area contributed by atoms with Crippen LogP contribution in [0.4, 0.5) is 0 Å². The molecule has 1 aromatic carbocycles. The number of unbranched alkanes of at least 4 members (excludes halogenated alkanes) is 2. The van der Waals surface area contributed by atoms with Crippen LogP contribution in [-0.4, -0.2) is 4.98 Å². The van der Waals surface area contributed by atoms with Crippen LogP contribution in [0.15, 0.2) is 42.6 Å². The molecule has 0 amide bonds. The van der Waals surface area contributed by atoms with Crippen molar-refractivity contribution in [3.63, 3.8) is 0 Å². The molecule has 1 aliphatic carbocycles. The molecular formula is C26H33N. The van der Waals surface area contributed by atoms with E-state index < -0.39 is 0 Å². The molecule has 1 aromatic heterocycles. The summed E-state index contributed by atoms with van der Waals surface area (Å²) in [5, 5.41) is 0. The predicted octanol–water partition coefficient (Wildman–Crippen LogP) is 6.90. The van der Waals surface area contributed by atoms with Crippen LogP contribution in [0.1, 0.15) is 93.5 Å². The van der Waals surface area contributed by atoms with Crippen molar-refractivity contribution in [1.82, 2.24) is 4.98 Å². The Morgan fingerprint density at radius 3 is 2.30 bits per heavy atom. The first-order chi connectivity index (χ1) is 13.3. The van der Waals surface area contributed by atoms with Gasteiger partial charge >= 0.3 is 0 Å². The van der Waals surface area contributed by atoms with E-state index in [9.17, 15) is 0 Å². The zero-order valence-corrected chi connectivity index (χ0v) is 17.0. The highest BCUT2D eigenvalue weighted by atomic mass is 14.7. The summed E-state index contributed by atoms with van der Waals surface area (Å²) in [5.41, 5.74) is 4.68.